The fraction of sp³-hybridized carbons (Fsp3) is 0.233. The van der Waals surface area contributed by atoms with Crippen LogP contribution in [-0.4, -0.2) is 36.5 Å². The van der Waals surface area contributed by atoms with Crippen LogP contribution in [0.2, 0.25) is 0 Å². The van der Waals surface area contributed by atoms with Gasteiger partial charge in [0.15, 0.2) is 11.0 Å². The highest BCUT2D eigenvalue weighted by atomic mass is 16.5. The van der Waals surface area contributed by atoms with Crippen LogP contribution in [0.5, 0.6) is 0 Å². The second-order valence-corrected chi connectivity index (χ2v) is 9.24. The summed E-state index contributed by atoms with van der Waals surface area (Å²) in [5.41, 5.74) is 0.699. The van der Waals surface area contributed by atoms with Gasteiger partial charge >= 0.3 is 0 Å². The number of para-hydroxylation sites is 2. The molecule has 0 fully saturated rings. The maximum atomic E-state index is 14.6. The number of ether oxygens (including phenoxy) is 1. The van der Waals surface area contributed by atoms with Crippen molar-refractivity contribution >= 4 is 28.5 Å². The Morgan fingerprint density at radius 3 is 2.43 bits per heavy atom. The van der Waals surface area contributed by atoms with Gasteiger partial charge in [-0.15, -0.1) is 0 Å². The molecule has 0 bridgehead atoms. The Morgan fingerprint density at radius 2 is 1.62 bits per heavy atom. The van der Waals surface area contributed by atoms with Gasteiger partial charge < -0.3 is 19.0 Å². The zero-order valence-corrected chi connectivity index (χ0v) is 20.5. The summed E-state index contributed by atoms with van der Waals surface area (Å²) in [6.45, 7) is 3.44. The van der Waals surface area contributed by atoms with E-state index in [2.05, 4.69) is 0 Å². The number of rotatable bonds is 7. The van der Waals surface area contributed by atoms with Crippen LogP contribution >= 0.6 is 0 Å². The third kappa shape index (κ3) is 3.34. The van der Waals surface area contributed by atoms with E-state index in [1.807, 2.05) is 61.5 Å². The zero-order valence-electron chi connectivity index (χ0n) is 20.5. The number of carbonyl (C=O) groups excluding carboxylic acids is 2. The molecule has 2 aliphatic rings. The first-order valence-electron chi connectivity index (χ1n) is 12.5. The maximum absolute atomic E-state index is 14.6. The first kappa shape index (κ1) is 23.2. The molecule has 186 valence electrons. The van der Waals surface area contributed by atoms with Gasteiger partial charge in [-0.25, -0.2) is 0 Å². The molecule has 4 aromatic rings. The summed E-state index contributed by atoms with van der Waals surface area (Å²) in [4.78, 5) is 45.8. The van der Waals surface area contributed by atoms with Gasteiger partial charge in [0.1, 0.15) is 5.58 Å². The standard InChI is InChI=1S/C30H26N2O5/c1-2-36-18-10-17-32-28(34)27-25(26(33)21-13-6-9-16-24(21)37-27)30(32)22-14-7-8-15-23(22)31(29(30)35)19-20-11-4-3-5-12-20/h3-9,11-16H,2,10,17-19H2,1H3/t30-/m0/s1. The van der Waals surface area contributed by atoms with Gasteiger partial charge in [0.25, 0.3) is 11.8 Å². The second-order valence-electron chi connectivity index (χ2n) is 9.24. The molecule has 0 N–H and O–H groups in total. The first-order valence-corrected chi connectivity index (χ1v) is 12.5. The van der Waals surface area contributed by atoms with Gasteiger partial charge in [-0.2, -0.15) is 0 Å². The smallest absolute Gasteiger partial charge is 0.291 e. The molecule has 2 aliphatic heterocycles. The molecule has 1 atom stereocenters. The molecule has 37 heavy (non-hydrogen) atoms. The Labute approximate surface area is 213 Å². The Hall–Kier alpha value is -4.23. The lowest BCUT2D eigenvalue weighted by molar-refractivity contribution is -0.126. The fourth-order valence-electron chi connectivity index (χ4n) is 5.63. The number of hydrogen-bond donors (Lipinski definition) is 0. The highest BCUT2D eigenvalue weighted by Gasteiger charge is 2.64. The summed E-state index contributed by atoms with van der Waals surface area (Å²) in [7, 11) is 0. The molecule has 0 unspecified atom stereocenters. The molecule has 0 saturated carbocycles. The minimum Gasteiger partial charge on any atom is -0.450 e. The SMILES string of the molecule is CCOCCCN1C(=O)c2oc3ccccc3c(=O)c2[C@@]12C(=O)N(Cc1ccccc1)c1ccccc12. The molecule has 3 heterocycles. The van der Waals surface area contributed by atoms with E-state index in [9.17, 15) is 14.4 Å². The van der Waals surface area contributed by atoms with Crippen molar-refractivity contribution in [3.63, 3.8) is 0 Å². The Bertz CT molecular complexity index is 1580. The number of nitrogens with zero attached hydrogens (tertiary/aromatic N) is 2. The molecular formula is C30H26N2O5. The van der Waals surface area contributed by atoms with Crippen LogP contribution in [0.1, 0.15) is 40.6 Å². The Morgan fingerprint density at radius 1 is 0.892 bits per heavy atom. The van der Waals surface area contributed by atoms with E-state index in [1.54, 1.807) is 29.2 Å². The minimum atomic E-state index is -1.60. The van der Waals surface area contributed by atoms with Crippen LogP contribution < -0.4 is 10.3 Å². The van der Waals surface area contributed by atoms with Crippen molar-refractivity contribution < 1.29 is 18.7 Å². The highest BCUT2D eigenvalue weighted by Crippen LogP contribution is 2.52. The van der Waals surface area contributed by atoms with Crippen LogP contribution in [0, 0.1) is 0 Å². The molecule has 7 heteroatoms. The van der Waals surface area contributed by atoms with Gasteiger partial charge in [-0.05, 0) is 37.1 Å². The number of amides is 2. The Kier molecular flexibility index (Phi) is 5.65. The third-order valence-electron chi connectivity index (χ3n) is 7.20. The van der Waals surface area contributed by atoms with Crippen molar-refractivity contribution in [2.75, 3.05) is 24.7 Å². The molecule has 0 radical (unpaired) electrons. The number of anilines is 1. The molecular weight excluding hydrogens is 468 g/mol. The maximum Gasteiger partial charge on any atom is 0.291 e. The second kappa shape index (κ2) is 9.01. The highest BCUT2D eigenvalue weighted by molar-refractivity contribution is 6.17. The van der Waals surface area contributed by atoms with Crippen molar-refractivity contribution in [3.05, 3.63) is 112 Å². The summed E-state index contributed by atoms with van der Waals surface area (Å²) < 4.78 is 11.6. The topological polar surface area (TPSA) is 80.1 Å². The van der Waals surface area contributed by atoms with E-state index in [-0.39, 0.29) is 29.2 Å². The predicted octanol–water partition coefficient (Wildman–Crippen LogP) is 4.47. The van der Waals surface area contributed by atoms with Crippen LogP contribution in [0.4, 0.5) is 5.69 Å². The summed E-state index contributed by atoms with van der Waals surface area (Å²) in [5, 5.41) is 0.344. The van der Waals surface area contributed by atoms with Gasteiger partial charge in [0, 0.05) is 25.3 Å². The van der Waals surface area contributed by atoms with E-state index < -0.39 is 11.4 Å². The number of fused-ring (bicyclic) bond motifs is 5. The van der Waals surface area contributed by atoms with Gasteiger partial charge in [-0.1, -0.05) is 60.7 Å². The van der Waals surface area contributed by atoms with Crippen molar-refractivity contribution in [2.45, 2.75) is 25.4 Å². The molecule has 1 aromatic heterocycles. The van der Waals surface area contributed by atoms with Gasteiger partial charge in [-0.3, -0.25) is 14.4 Å². The lowest BCUT2D eigenvalue weighted by Gasteiger charge is -2.34. The van der Waals surface area contributed by atoms with Crippen LogP contribution in [-0.2, 0) is 21.6 Å². The van der Waals surface area contributed by atoms with E-state index in [1.165, 1.54) is 4.90 Å². The van der Waals surface area contributed by atoms with Crippen LogP contribution in [0.3, 0.4) is 0 Å². The third-order valence-corrected chi connectivity index (χ3v) is 7.20. The quantitative estimate of drug-likeness (QED) is 0.354. The summed E-state index contributed by atoms with van der Waals surface area (Å²) >= 11 is 0. The molecule has 0 aliphatic carbocycles. The minimum absolute atomic E-state index is 0.0650. The molecule has 0 saturated heterocycles. The van der Waals surface area contributed by atoms with Gasteiger partial charge in [0.05, 0.1) is 23.2 Å². The van der Waals surface area contributed by atoms with Crippen molar-refractivity contribution in [1.29, 1.82) is 0 Å². The summed E-state index contributed by atoms with van der Waals surface area (Å²) in [6.07, 6.45) is 0.511. The normalized spacial score (nSPS) is 18.2. The molecule has 7 nitrogen and oxygen atoms in total. The Balaban J connectivity index is 1.60. The molecule has 6 rings (SSSR count). The van der Waals surface area contributed by atoms with E-state index in [0.29, 0.717) is 48.4 Å². The van der Waals surface area contributed by atoms with Crippen LogP contribution in [0.25, 0.3) is 11.0 Å². The number of benzene rings is 3. The number of carbonyl (C=O) groups is 2. The van der Waals surface area contributed by atoms with E-state index >= 15 is 0 Å². The molecule has 2 amide bonds. The zero-order chi connectivity index (χ0) is 25.6. The van der Waals surface area contributed by atoms with E-state index in [0.717, 1.165) is 5.56 Å². The predicted molar refractivity (Wildman–Crippen MR) is 139 cm³/mol. The molecule has 1 spiro atoms. The largest absolute Gasteiger partial charge is 0.450 e. The lowest BCUT2D eigenvalue weighted by atomic mass is 9.84. The average molecular weight is 495 g/mol. The van der Waals surface area contributed by atoms with Crippen molar-refractivity contribution in [1.82, 2.24) is 4.90 Å². The van der Waals surface area contributed by atoms with Crippen molar-refractivity contribution in [2.24, 2.45) is 0 Å². The van der Waals surface area contributed by atoms with E-state index in [4.69, 9.17) is 9.15 Å². The van der Waals surface area contributed by atoms with Crippen LogP contribution in [0.15, 0.2) is 88.1 Å². The first-order chi connectivity index (χ1) is 18.1. The molecule has 3 aromatic carbocycles. The summed E-state index contributed by atoms with van der Waals surface area (Å²) in [5.74, 6) is -0.854. The fourth-order valence-corrected chi connectivity index (χ4v) is 5.63. The van der Waals surface area contributed by atoms with Crippen molar-refractivity contribution in [3.8, 4) is 0 Å². The lowest BCUT2D eigenvalue weighted by Crippen LogP contribution is -2.53. The van der Waals surface area contributed by atoms with Gasteiger partial charge in [0.2, 0.25) is 5.76 Å². The monoisotopic (exact) mass is 494 g/mol. The average Bonchev–Trinajstić information content (AvgIpc) is 3.32. The number of hydrogen-bond acceptors (Lipinski definition) is 5. The summed E-state index contributed by atoms with van der Waals surface area (Å²) in [6, 6.07) is 23.9.